The monoisotopic (exact) mass is 248 g/mol. The van der Waals surface area contributed by atoms with Crippen LogP contribution in [0.5, 0.6) is 11.5 Å². The van der Waals surface area contributed by atoms with Gasteiger partial charge in [0.1, 0.15) is 17.2 Å². The van der Waals surface area contributed by atoms with Crippen LogP contribution in [0, 0.1) is 5.92 Å². The molecule has 0 atom stereocenters. The first-order valence-corrected chi connectivity index (χ1v) is 6.28. The molecule has 0 heterocycles. The largest absolute Gasteiger partial charge is 0.494 e. The molecule has 1 aliphatic carbocycles. The third kappa shape index (κ3) is 3.15. The Labute approximate surface area is 108 Å². The number of methoxy groups -OCH3 is 2. The average molecular weight is 248 g/mol. The van der Waals surface area contributed by atoms with Crippen molar-refractivity contribution < 1.29 is 9.47 Å². The van der Waals surface area contributed by atoms with Crippen molar-refractivity contribution in [2.45, 2.75) is 25.7 Å². The minimum atomic E-state index is 0.643. The van der Waals surface area contributed by atoms with Crippen LogP contribution in [0.3, 0.4) is 0 Å². The Morgan fingerprint density at radius 1 is 1.28 bits per heavy atom. The molecule has 1 aromatic rings. The maximum Gasteiger partial charge on any atom is 0.149 e. The maximum absolute atomic E-state index is 5.97. The predicted octanol–water partition coefficient (Wildman–Crippen LogP) is 2.88. The first-order valence-electron chi connectivity index (χ1n) is 6.28. The van der Waals surface area contributed by atoms with E-state index >= 15 is 0 Å². The molecule has 0 spiro atoms. The van der Waals surface area contributed by atoms with E-state index in [9.17, 15) is 0 Å². The molecule has 0 radical (unpaired) electrons. The van der Waals surface area contributed by atoms with Crippen LogP contribution in [0.15, 0.2) is 23.2 Å². The Kier molecular flexibility index (Phi) is 4.07. The third-order valence-electron chi connectivity index (χ3n) is 3.16. The van der Waals surface area contributed by atoms with Gasteiger partial charge in [-0.05, 0) is 24.5 Å². The molecule has 0 unspecified atom stereocenters. The van der Waals surface area contributed by atoms with E-state index in [-0.39, 0.29) is 0 Å². The van der Waals surface area contributed by atoms with Gasteiger partial charge in [-0.3, -0.25) is 0 Å². The molecule has 98 valence electrons. The van der Waals surface area contributed by atoms with E-state index in [0.29, 0.717) is 23.0 Å². The fourth-order valence-electron chi connectivity index (χ4n) is 1.90. The highest BCUT2D eigenvalue weighted by atomic mass is 16.5. The van der Waals surface area contributed by atoms with E-state index in [1.54, 1.807) is 14.2 Å². The zero-order valence-corrected chi connectivity index (χ0v) is 11.0. The summed E-state index contributed by atoms with van der Waals surface area (Å²) >= 11 is 0. The highest BCUT2D eigenvalue weighted by Crippen LogP contribution is 2.37. The lowest BCUT2D eigenvalue weighted by molar-refractivity contribution is 0.397. The zero-order chi connectivity index (χ0) is 13.0. The molecular weight excluding hydrogens is 228 g/mol. The summed E-state index contributed by atoms with van der Waals surface area (Å²) in [5.41, 5.74) is 6.64. The molecular formula is C14H20N2O2. The molecule has 1 aromatic carbocycles. The van der Waals surface area contributed by atoms with E-state index in [2.05, 4.69) is 4.99 Å². The van der Waals surface area contributed by atoms with Gasteiger partial charge in [0.05, 0.1) is 20.1 Å². The minimum absolute atomic E-state index is 0.643. The molecule has 0 amide bonds. The van der Waals surface area contributed by atoms with Crippen LogP contribution in [0.25, 0.3) is 0 Å². The molecule has 4 nitrogen and oxygen atoms in total. The van der Waals surface area contributed by atoms with Gasteiger partial charge < -0.3 is 15.2 Å². The average Bonchev–Trinajstić information content (AvgIpc) is 3.20. The van der Waals surface area contributed by atoms with Crippen molar-refractivity contribution in [2.75, 3.05) is 14.2 Å². The van der Waals surface area contributed by atoms with Crippen LogP contribution in [0.4, 0.5) is 5.69 Å². The van der Waals surface area contributed by atoms with Crippen LogP contribution in [-0.4, -0.2) is 20.1 Å². The first kappa shape index (κ1) is 12.7. The Bertz CT molecular complexity index is 417. The predicted molar refractivity (Wildman–Crippen MR) is 72.8 cm³/mol. The fourth-order valence-corrected chi connectivity index (χ4v) is 1.90. The second-order valence-corrected chi connectivity index (χ2v) is 4.60. The van der Waals surface area contributed by atoms with Crippen LogP contribution in [0.2, 0.25) is 0 Å². The summed E-state index contributed by atoms with van der Waals surface area (Å²) < 4.78 is 10.6. The van der Waals surface area contributed by atoms with Crippen molar-refractivity contribution >= 4 is 11.5 Å². The van der Waals surface area contributed by atoms with Gasteiger partial charge in [-0.2, -0.15) is 0 Å². The molecule has 1 aliphatic rings. The summed E-state index contributed by atoms with van der Waals surface area (Å²) in [6.07, 6.45) is 4.65. The second kappa shape index (κ2) is 5.76. The van der Waals surface area contributed by atoms with Crippen molar-refractivity contribution in [1.29, 1.82) is 0 Å². The van der Waals surface area contributed by atoms with Crippen LogP contribution in [0.1, 0.15) is 25.7 Å². The zero-order valence-electron chi connectivity index (χ0n) is 11.0. The van der Waals surface area contributed by atoms with Crippen molar-refractivity contribution in [3.63, 3.8) is 0 Å². The Balaban J connectivity index is 2.16. The number of para-hydroxylation sites is 1. The Morgan fingerprint density at radius 2 is 1.89 bits per heavy atom. The standard InChI is InChI=1S/C14H20N2O2/c1-17-11-4-3-5-12(18-2)14(11)16-13(15)9-8-10-6-7-10/h3-5,10H,6-9H2,1-2H3,(H2,15,16). The first-order chi connectivity index (χ1) is 8.74. The molecule has 4 heteroatoms. The number of rotatable bonds is 6. The summed E-state index contributed by atoms with van der Waals surface area (Å²) in [4.78, 5) is 4.44. The number of aliphatic imine (C=N–C) groups is 1. The number of amidine groups is 1. The lowest BCUT2D eigenvalue weighted by Crippen LogP contribution is -2.11. The second-order valence-electron chi connectivity index (χ2n) is 4.60. The van der Waals surface area contributed by atoms with Gasteiger partial charge in [-0.1, -0.05) is 18.9 Å². The summed E-state index contributed by atoms with van der Waals surface area (Å²) in [5, 5.41) is 0. The highest BCUT2D eigenvalue weighted by Gasteiger charge is 2.21. The number of nitrogens with two attached hydrogens (primary N) is 1. The Morgan fingerprint density at radius 3 is 2.39 bits per heavy atom. The van der Waals surface area contributed by atoms with Crippen molar-refractivity contribution in [2.24, 2.45) is 16.6 Å². The van der Waals surface area contributed by atoms with E-state index in [1.807, 2.05) is 18.2 Å². The van der Waals surface area contributed by atoms with Gasteiger partial charge in [-0.25, -0.2) is 4.99 Å². The van der Waals surface area contributed by atoms with E-state index < -0.39 is 0 Å². The summed E-state index contributed by atoms with van der Waals surface area (Å²) in [6, 6.07) is 5.59. The third-order valence-corrected chi connectivity index (χ3v) is 3.16. The topological polar surface area (TPSA) is 56.8 Å². The molecule has 2 N–H and O–H groups in total. The fraction of sp³-hybridized carbons (Fsp3) is 0.500. The van der Waals surface area contributed by atoms with Gasteiger partial charge in [0.25, 0.3) is 0 Å². The van der Waals surface area contributed by atoms with Crippen molar-refractivity contribution in [1.82, 2.24) is 0 Å². The normalized spacial score (nSPS) is 15.6. The number of benzene rings is 1. The highest BCUT2D eigenvalue weighted by molar-refractivity contribution is 5.85. The van der Waals surface area contributed by atoms with Gasteiger partial charge in [0.15, 0.2) is 0 Å². The SMILES string of the molecule is COc1cccc(OC)c1N=C(N)CCC1CC1. The number of hydrogen-bond donors (Lipinski definition) is 1. The van der Waals surface area contributed by atoms with Crippen molar-refractivity contribution in [3.8, 4) is 11.5 Å². The maximum atomic E-state index is 5.97. The minimum Gasteiger partial charge on any atom is -0.494 e. The van der Waals surface area contributed by atoms with Gasteiger partial charge in [0.2, 0.25) is 0 Å². The molecule has 2 rings (SSSR count). The van der Waals surface area contributed by atoms with Crippen LogP contribution < -0.4 is 15.2 Å². The molecule has 0 saturated heterocycles. The van der Waals surface area contributed by atoms with E-state index in [0.717, 1.165) is 18.8 Å². The van der Waals surface area contributed by atoms with Crippen molar-refractivity contribution in [3.05, 3.63) is 18.2 Å². The number of ether oxygens (including phenoxy) is 2. The van der Waals surface area contributed by atoms with E-state index in [1.165, 1.54) is 12.8 Å². The smallest absolute Gasteiger partial charge is 0.149 e. The van der Waals surface area contributed by atoms with Crippen LogP contribution >= 0.6 is 0 Å². The summed E-state index contributed by atoms with van der Waals surface area (Å²) in [7, 11) is 3.24. The number of nitrogens with zero attached hydrogens (tertiary/aromatic N) is 1. The molecule has 1 fully saturated rings. The van der Waals surface area contributed by atoms with E-state index in [4.69, 9.17) is 15.2 Å². The Hall–Kier alpha value is -1.71. The molecule has 0 aliphatic heterocycles. The lowest BCUT2D eigenvalue weighted by atomic mass is 10.2. The van der Waals surface area contributed by atoms with Gasteiger partial charge >= 0.3 is 0 Å². The van der Waals surface area contributed by atoms with Crippen LogP contribution in [-0.2, 0) is 0 Å². The molecule has 18 heavy (non-hydrogen) atoms. The summed E-state index contributed by atoms with van der Waals surface area (Å²) in [6.45, 7) is 0. The number of hydrogen-bond acceptors (Lipinski definition) is 3. The van der Waals surface area contributed by atoms with Gasteiger partial charge in [-0.15, -0.1) is 0 Å². The lowest BCUT2D eigenvalue weighted by Gasteiger charge is -2.10. The molecule has 0 bridgehead atoms. The quantitative estimate of drug-likeness (QED) is 0.622. The summed E-state index contributed by atoms with van der Waals surface area (Å²) in [5.74, 6) is 2.87. The molecule has 0 aromatic heterocycles. The molecule has 1 saturated carbocycles. The van der Waals surface area contributed by atoms with Gasteiger partial charge in [0, 0.05) is 6.42 Å².